The van der Waals surface area contributed by atoms with Gasteiger partial charge in [0.25, 0.3) is 0 Å². The molecule has 2 rings (SSSR count). The van der Waals surface area contributed by atoms with Gasteiger partial charge in [-0.15, -0.1) is 0 Å². The minimum absolute atomic E-state index is 0.119. The Kier molecular flexibility index (Phi) is 5.20. The van der Waals surface area contributed by atoms with Crippen LogP contribution in [0.5, 0.6) is 0 Å². The van der Waals surface area contributed by atoms with Crippen LogP contribution in [0.1, 0.15) is 29.3 Å². The van der Waals surface area contributed by atoms with Crippen LogP contribution in [0.2, 0.25) is 0 Å². The average Bonchev–Trinajstić information content (AvgIpc) is 2.48. The molecular formula is C15H22N2O4S. The predicted molar refractivity (Wildman–Crippen MR) is 83.3 cm³/mol. The van der Waals surface area contributed by atoms with Crippen LogP contribution in [0.15, 0.2) is 23.1 Å². The predicted octanol–water partition coefficient (Wildman–Crippen LogP) is 1.06. The third-order valence-corrected chi connectivity index (χ3v) is 5.75. The first-order valence-electron chi connectivity index (χ1n) is 7.28. The molecule has 2 atom stereocenters. The molecule has 0 spiro atoms. The lowest BCUT2D eigenvalue weighted by Gasteiger charge is -2.30. The lowest BCUT2D eigenvalue weighted by Crippen LogP contribution is -2.50. The van der Waals surface area contributed by atoms with Crippen LogP contribution < -0.4 is 10.0 Å². The maximum atomic E-state index is 12.6. The molecule has 1 heterocycles. The van der Waals surface area contributed by atoms with E-state index in [-0.39, 0.29) is 22.4 Å². The van der Waals surface area contributed by atoms with Crippen molar-refractivity contribution in [1.82, 2.24) is 10.0 Å². The number of methoxy groups -OCH3 is 1. The monoisotopic (exact) mass is 326 g/mol. The summed E-state index contributed by atoms with van der Waals surface area (Å²) in [6, 6.07) is 4.46. The number of benzene rings is 1. The number of hydrogen-bond donors (Lipinski definition) is 2. The van der Waals surface area contributed by atoms with Crippen molar-refractivity contribution in [3.05, 3.63) is 29.3 Å². The maximum absolute atomic E-state index is 12.6. The second kappa shape index (κ2) is 6.76. The zero-order chi connectivity index (χ0) is 16.3. The molecule has 0 aliphatic carbocycles. The maximum Gasteiger partial charge on any atom is 0.338 e. The van der Waals surface area contributed by atoms with Gasteiger partial charge >= 0.3 is 5.97 Å². The molecule has 0 aromatic heterocycles. The molecular weight excluding hydrogens is 304 g/mol. The largest absolute Gasteiger partial charge is 0.465 e. The van der Waals surface area contributed by atoms with E-state index in [4.69, 9.17) is 0 Å². The minimum Gasteiger partial charge on any atom is -0.465 e. The summed E-state index contributed by atoms with van der Waals surface area (Å²) >= 11 is 0. The van der Waals surface area contributed by atoms with Gasteiger partial charge < -0.3 is 10.1 Å². The van der Waals surface area contributed by atoms with E-state index in [0.29, 0.717) is 12.1 Å². The Hall–Kier alpha value is -1.44. The molecule has 1 aliphatic heterocycles. The zero-order valence-electron chi connectivity index (χ0n) is 13.0. The number of sulfonamides is 1. The van der Waals surface area contributed by atoms with Crippen molar-refractivity contribution >= 4 is 16.0 Å². The number of nitrogens with one attached hydrogen (secondary N) is 2. The summed E-state index contributed by atoms with van der Waals surface area (Å²) in [6.07, 6.45) is 0.925. The minimum atomic E-state index is -3.69. The molecule has 6 nitrogen and oxygen atoms in total. The van der Waals surface area contributed by atoms with Crippen LogP contribution in [0.4, 0.5) is 0 Å². The summed E-state index contributed by atoms with van der Waals surface area (Å²) < 4.78 is 32.7. The van der Waals surface area contributed by atoms with Gasteiger partial charge in [0.1, 0.15) is 0 Å². The van der Waals surface area contributed by atoms with Crippen LogP contribution >= 0.6 is 0 Å². The average molecular weight is 326 g/mol. The van der Waals surface area contributed by atoms with Gasteiger partial charge in [-0.2, -0.15) is 0 Å². The van der Waals surface area contributed by atoms with Crippen LogP contribution in [0.3, 0.4) is 0 Å². The lowest BCUT2D eigenvalue weighted by molar-refractivity contribution is 0.0599. The van der Waals surface area contributed by atoms with Crippen molar-refractivity contribution in [2.24, 2.45) is 5.92 Å². The summed E-state index contributed by atoms with van der Waals surface area (Å²) in [5, 5.41) is 3.19. The van der Waals surface area contributed by atoms with Crippen LogP contribution in [0, 0.1) is 12.8 Å². The van der Waals surface area contributed by atoms with Crippen molar-refractivity contribution in [3.8, 4) is 0 Å². The van der Waals surface area contributed by atoms with Gasteiger partial charge in [0.05, 0.1) is 17.6 Å². The molecule has 0 amide bonds. The number of carbonyl (C=O) groups excluding carboxylic acids is 1. The van der Waals surface area contributed by atoms with E-state index in [0.717, 1.165) is 13.0 Å². The number of piperidine rings is 1. The topological polar surface area (TPSA) is 84.5 Å². The number of hydrogen-bond acceptors (Lipinski definition) is 5. The number of rotatable bonds is 4. The second-order valence-corrected chi connectivity index (χ2v) is 7.30. The first-order valence-corrected chi connectivity index (χ1v) is 8.76. The Bertz CT molecular complexity index is 658. The van der Waals surface area contributed by atoms with Crippen molar-refractivity contribution in [2.45, 2.75) is 31.2 Å². The van der Waals surface area contributed by atoms with Crippen molar-refractivity contribution < 1.29 is 17.9 Å². The molecule has 1 aromatic rings. The van der Waals surface area contributed by atoms with Crippen LogP contribution in [0.25, 0.3) is 0 Å². The highest BCUT2D eigenvalue weighted by Crippen LogP contribution is 2.21. The van der Waals surface area contributed by atoms with Gasteiger partial charge in [-0.25, -0.2) is 17.9 Å². The Morgan fingerprint density at radius 1 is 1.41 bits per heavy atom. The molecule has 122 valence electrons. The highest BCUT2D eigenvalue weighted by atomic mass is 32.2. The molecule has 1 saturated heterocycles. The third kappa shape index (κ3) is 3.48. The summed E-state index contributed by atoms with van der Waals surface area (Å²) in [4.78, 5) is 11.8. The van der Waals surface area contributed by atoms with E-state index in [1.54, 1.807) is 19.1 Å². The van der Waals surface area contributed by atoms with E-state index in [1.165, 1.54) is 13.2 Å². The number of esters is 1. The first kappa shape index (κ1) is 16.9. The molecule has 2 N–H and O–H groups in total. The fourth-order valence-electron chi connectivity index (χ4n) is 2.65. The highest BCUT2D eigenvalue weighted by Gasteiger charge is 2.28. The van der Waals surface area contributed by atoms with E-state index >= 15 is 0 Å². The van der Waals surface area contributed by atoms with Gasteiger partial charge in [0, 0.05) is 12.6 Å². The summed E-state index contributed by atoms with van der Waals surface area (Å²) in [7, 11) is -2.41. The molecule has 0 bridgehead atoms. The molecule has 22 heavy (non-hydrogen) atoms. The van der Waals surface area contributed by atoms with Gasteiger partial charge in [-0.05, 0) is 43.5 Å². The zero-order valence-corrected chi connectivity index (χ0v) is 13.9. The lowest BCUT2D eigenvalue weighted by atomic mass is 9.96. The van der Waals surface area contributed by atoms with Gasteiger partial charge in [0.2, 0.25) is 10.0 Å². The van der Waals surface area contributed by atoms with E-state index in [9.17, 15) is 13.2 Å². The van der Waals surface area contributed by atoms with Crippen molar-refractivity contribution in [2.75, 3.05) is 20.2 Å². The highest BCUT2D eigenvalue weighted by molar-refractivity contribution is 7.89. The fraction of sp³-hybridized carbons (Fsp3) is 0.533. The van der Waals surface area contributed by atoms with Gasteiger partial charge in [-0.1, -0.05) is 13.0 Å². The summed E-state index contributed by atoms with van der Waals surface area (Å²) in [5.41, 5.74) is 0.665. The molecule has 1 aromatic carbocycles. The number of carbonyl (C=O) groups is 1. The normalized spacial score (nSPS) is 22.3. The number of ether oxygens (including phenoxy) is 1. The molecule has 7 heteroatoms. The Labute approximate surface area is 131 Å². The summed E-state index contributed by atoms with van der Waals surface area (Å²) in [6.45, 7) is 5.15. The van der Waals surface area contributed by atoms with Crippen LogP contribution in [-0.2, 0) is 14.8 Å². The van der Waals surface area contributed by atoms with Crippen LogP contribution in [-0.4, -0.2) is 40.6 Å². The standard InChI is InChI=1S/C15H22N2O4S/c1-10-7-8-16-9-13(10)17-22(19,20)14-6-4-5-12(11(14)2)15(18)21-3/h4-6,10,13,16-17H,7-9H2,1-3H3. The van der Waals surface area contributed by atoms with E-state index in [1.807, 2.05) is 6.92 Å². The molecule has 0 saturated carbocycles. The summed E-state index contributed by atoms with van der Waals surface area (Å²) in [5.74, 6) is -0.276. The molecule has 1 aliphatic rings. The van der Waals surface area contributed by atoms with Gasteiger partial charge in [0.15, 0.2) is 0 Å². The van der Waals surface area contributed by atoms with Gasteiger partial charge in [-0.3, -0.25) is 0 Å². The third-order valence-electron chi connectivity index (χ3n) is 4.11. The smallest absolute Gasteiger partial charge is 0.338 e. The SMILES string of the molecule is COC(=O)c1cccc(S(=O)(=O)NC2CNCCC2C)c1C. The molecule has 1 fully saturated rings. The van der Waals surface area contributed by atoms with Crippen molar-refractivity contribution in [3.63, 3.8) is 0 Å². The quantitative estimate of drug-likeness (QED) is 0.808. The molecule has 2 unspecified atom stereocenters. The van der Waals surface area contributed by atoms with E-state index in [2.05, 4.69) is 14.8 Å². The second-order valence-electron chi connectivity index (χ2n) is 5.62. The Balaban J connectivity index is 2.31. The fourth-order valence-corrected chi connectivity index (χ4v) is 4.26. The first-order chi connectivity index (χ1) is 10.4. The van der Waals surface area contributed by atoms with Crippen molar-refractivity contribution in [1.29, 1.82) is 0 Å². The molecule has 0 radical (unpaired) electrons. The Morgan fingerprint density at radius 2 is 2.14 bits per heavy atom. The Morgan fingerprint density at radius 3 is 2.77 bits per heavy atom. The van der Waals surface area contributed by atoms with E-state index < -0.39 is 16.0 Å².